The number of aryl methyl sites for hydroxylation is 1. The second-order valence-corrected chi connectivity index (χ2v) is 5.72. The SMILES string of the molecule is Cc1cc(-c2cc(C(=O)O)c3ccccc3n2)nc2ccccc12. The number of hydrogen-bond acceptors (Lipinski definition) is 3. The molecule has 0 aliphatic heterocycles. The van der Waals surface area contributed by atoms with Crippen molar-refractivity contribution < 1.29 is 9.90 Å². The van der Waals surface area contributed by atoms with Crippen molar-refractivity contribution in [2.45, 2.75) is 6.92 Å². The maximum atomic E-state index is 11.6. The van der Waals surface area contributed by atoms with Gasteiger partial charge in [-0.05, 0) is 36.8 Å². The van der Waals surface area contributed by atoms with E-state index in [9.17, 15) is 9.90 Å². The van der Waals surface area contributed by atoms with Gasteiger partial charge in [-0.15, -0.1) is 0 Å². The molecule has 2 heterocycles. The minimum atomic E-state index is -0.965. The normalized spacial score (nSPS) is 11.0. The predicted molar refractivity (Wildman–Crippen MR) is 94.2 cm³/mol. The van der Waals surface area contributed by atoms with Gasteiger partial charge in [0.05, 0.1) is 28.0 Å². The smallest absolute Gasteiger partial charge is 0.336 e. The molecule has 0 amide bonds. The van der Waals surface area contributed by atoms with Gasteiger partial charge in [-0.1, -0.05) is 36.4 Å². The van der Waals surface area contributed by atoms with Crippen LogP contribution in [-0.4, -0.2) is 21.0 Å². The van der Waals surface area contributed by atoms with Crippen molar-refractivity contribution in [2.24, 2.45) is 0 Å². The van der Waals surface area contributed by atoms with E-state index in [1.807, 2.05) is 55.5 Å². The van der Waals surface area contributed by atoms with E-state index in [-0.39, 0.29) is 5.56 Å². The lowest BCUT2D eigenvalue weighted by Gasteiger charge is -2.09. The number of benzene rings is 2. The highest BCUT2D eigenvalue weighted by molar-refractivity contribution is 6.03. The molecular formula is C20H14N2O2. The number of aromatic nitrogens is 2. The fourth-order valence-corrected chi connectivity index (χ4v) is 2.96. The molecule has 0 spiro atoms. The van der Waals surface area contributed by atoms with Gasteiger partial charge in [0.15, 0.2) is 0 Å². The number of pyridine rings is 2. The minimum absolute atomic E-state index is 0.239. The number of nitrogens with zero attached hydrogens (tertiary/aromatic N) is 2. The standard InChI is InChI=1S/C20H14N2O2/c1-12-10-18(21-16-8-4-2-6-13(12)16)19-11-15(20(23)24)14-7-3-5-9-17(14)22-19/h2-11H,1H3,(H,23,24). The van der Waals surface area contributed by atoms with E-state index in [1.54, 1.807) is 12.1 Å². The maximum absolute atomic E-state index is 11.6. The summed E-state index contributed by atoms with van der Waals surface area (Å²) >= 11 is 0. The third-order valence-electron chi connectivity index (χ3n) is 4.13. The van der Waals surface area contributed by atoms with Gasteiger partial charge < -0.3 is 5.11 Å². The largest absolute Gasteiger partial charge is 0.478 e. The Labute approximate surface area is 138 Å². The van der Waals surface area contributed by atoms with Crippen LogP contribution in [0.3, 0.4) is 0 Å². The molecular weight excluding hydrogens is 300 g/mol. The molecule has 0 saturated heterocycles. The first-order chi connectivity index (χ1) is 11.6. The van der Waals surface area contributed by atoms with Crippen LogP contribution in [-0.2, 0) is 0 Å². The summed E-state index contributed by atoms with van der Waals surface area (Å²) in [5.74, 6) is -0.965. The van der Waals surface area contributed by atoms with Crippen molar-refractivity contribution in [1.29, 1.82) is 0 Å². The van der Waals surface area contributed by atoms with Gasteiger partial charge in [-0.25, -0.2) is 14.8 Å². The maximum Gasteiger partial charge on any atom is 0.336 e. The number of hydrogen-bond donors (Lipinski definition) is 1. The van der Waals surface area contributed by atoms with Crippen LogP contribution in [0.5, 0.6) is 0 Å². The zero-order valence-corrected chi connectivity index (χ0v) is 13.0. The molecule has 4 heteroatoms. The number of rotatable bonds is 2. The summed E-state index contributed by atoms with van der Waals surface area (Å²) in [4.78, 5) is 20.9. The quantitative estimate of drug-likeness (QED) is 0.593. The molecule has 0 bridgehead atoms. The minimum Gasteiger partial charge on any atom is -0.478 e. The van der Waals surface area contributed by atoms with E-state index in [2.05, 4.69) is 9.97 Å². The van der Waals surface area contributed by atoms with E-state index in [1.165, 1.54) is 0 Å². The average Bonchev–Trinajstić information content (AvgIpc) is 2.60. The highest BCUT2D eigenvalue weighted by Gasteiger charge is 2.14. The number of carbonyl (C=O) groups is 1. The molecule has 2 aromatic heterocycles. The first kappa shape index (κ1) is 14.3. The Kier molecular flexibility index (Phi) is 3.24. The molecule has 4 rings (SSSR count). The molecule has 0 saturated carbocycles. The molecule has 0 radical (unpaired) electrons. The summed E-state index contributed by atoms with van der Waals surface area (Å²) in [6.45, 7) is 2.02. The third kappa shape index (κ3) is 2.29. The second kappa shape index (κ2) is 5.42. The summed E-state index contributed by atoms with van der Waals surface area (Å²) in [6.07, 6.45) is 0. The highest BCUT2D eigenvalue weighted by atomic mass is 16.4. The molecule has 0 aliphatic carbocycles. The first-order valence-corrected chi connectivity index (χ1v) is 7.63. The first-order valence-electron chi connectivity index (χ1n) is 7.63. The number of carboxylic acids is 1. The highest BCUT2D eigenvalue weighted by Crippen LogP contribution is 2.27. The summed E-state index contributed by atoms with van der Waals surface area (Å²) < 4.78 is 0. The van der Waals surface area contributed by atoms with Crippen LogP contribution >= 0.6 is 0 Å². The van der Waals surface area contributed by atoms with Gasteiger partial charge in [-0.3, -0.25) is 0 Å². The monoisotopic (exact) mass is 314 g/mol. The molecule has 24 heavy (non-hydrogen) atoms. The van der Waals surface area contributed by atoms with Crippen LogP contribution in [0.4, 0.5) is 0 Å². The van der Waals surface area contributed by atoms with Crippen molar-refractivity contribution in [3.05, 3.63) is 71.8 Å². The lowest BCUT2D eigenvalue weighted by molar-refractivity contribution is 0.0699. The number of carboxylic acid groups (broad SMARTS) is 1. The van der Waals surface area contributed by atoms with Crippen molar-refractivity contribution in [2.75, 3.05) is 0 Å². The lowest BCUT2D eigenvalue weighted by Crippen LogP contribution is -2.01. The van der Waals surface area contributed by atoms with E-state index < -0.39 is 5.97 Å². The molecule has 0 fully saturated rings. The van der Waals surface area contributed by atoms with Crippen molar-refractivity contribution in [3.63, 3.8) is 0 Å². The van der Waals surface area contributed by atoms with E-state index in [0.29, 0.717) is 22.3 Å². The zero-order chi connectivity index (χ0) is 16.7. The van der Waals surface area contributed by atoms with Crippen LogP contribution in [0.2, 0.25) is 0 Å². The van der Waals surface area contributed by atoms with Crippen molar-refractivity contribution in [1.82, 2.24) is 9.97 Å². The van der Waals surface area contributed by atoms with E-state index in [0.717, 1.165) is 16.5 Å². The van der Waals surface area contributed by atoms with Crippen LogP contribution < -0.4 is 0 Å². The average molecular weight is 314 g/mol. The van der Waals surface area contributed by atoms with Gasteiger partial charge in [0.2, 0.25) is 0 Å². The number of para-hydroxylation sites is 2. The van der Waals surface area contributed by atoms with Gasteiger partial charge in [0.1, 0.15) is 0 Å². The molecule has 2 aromatic carbocycles. The Morgan fingerprint density at radius 1 is 0.833 bits per heavy atom. The van der Waals surface area contributed by atoms with E-state index in [4.69, 9.17) is 0 Å². The number of aromatic carboxylic acids is 1. The zero-order valence-electron chi connectivity index (χ0n) is 13.0. The summed E-state index contributed by atoms with van der Waals surface area (Å²) in [5.41, 5.74) is 4.10. The summed E-state index contributed by atoms with van der Waals surface area (Å²) in [7, 11) is 0. The summed E-state index contributed by atoms with van der Waals surface area (Å²) in [6, 6.07) is 18.7. The summed E-state index contributed by atoms with van der Waals surface area (Å²) in [5, 5.41) is 11.2. The molecule has 4 aromatic rings. The Morgan fingerprint density at radius 3 is 2.04 bits per heavy atom. The lowest BCUT2D eigenvalue weighted by atomic mass is 10.0. The Morgan fingerprint density at radius 2 is 1.38 bits per heavy atom. The van der Waals surface area contributed by atoms with Crippen molar-refractivity contribution >= 4 is 27.8 Å². The van der Waals surface area contributed by atoms with Crippen molar-refractivity contribution in [3.8, 4) is 11.4 Å². The Balaban J connectivity index is 2.01. The molecule has 0 atom stereocenters. The fourth-order valence-electron chi connectivity index (χ4n) is 2.96. The van der Waals surface area contributed by atoms with Gasteiger partial charge in [0.25, 0.3) is 0 Å². The molecule has 1 N–H and O–H groups in total. The topological polar surface area (TPSA) is 63.1 Å². The van der Waals surface area contributed by atoms with Crippen LogP contribution in [0.1, 0.15) is 15.9 Å². The predicted octanol–water partition coefficient (Wildman–Crippen LogP) is 4.46. The van der Waals surface area contributed by atoms with Gasteiger partial charge in [0, 0.05) is 10.8 Å². The van der Waals surface area contributed by atoms with Gasteiger partial charge >= 0.3 is 5.97 Å². The fraction of sp³-hybridized carbons (Fsp3) is 0.0500. The number of fused-ring (bicyclic) bond motifs is 2. The van der Waals surface area contributed by atoms with Gasteiger partial charge in [-0.2, -0.15) is 0 Å². The van der Waals surface area contributed by atoms with E-state index >= 15 is 0 Å². The Bertz CT molecular complexity index is 1100. The van der Waals surface area contributed by atoms with Crippen LogP contribution in [0.15, 0.2) is 60.7 Å². The van der Waals surface area contributed by atoms with Crippen LogP contribution in [0.25, 0.3) is 33.2 Å². The van der Waals surface area contributed by atoms with Crippen LogP contribution in [0, 0.1) is 6.92 Å². The molecule has 0 unspecified atom stereocenters. The molecule has 4 nitrogen and oxygen atoms in total. The second-order valence-electron chi connectivity index (χ2n) is 5.72. The molecule has 116 valence electrons. The molecule has 0 aliphatic rings. The third-order valence-corrected chi connectivity index (χ3v) is 4.13. The Hall–Kier alpha value is -3.27.